The second kappa shape index (κ2) is 11.5. The molecule has 4 N–H and O–H groups in total. The summed E-state index contributed by atoms with van der Waals surface area (Å²) in [7, 11) is 0. The molecule has 1 saturated carbocycles. The number of carbonyl (C=O) groups excluding carboxylic acids is 2. The number of hydrogen-bond donors (Lipinski definition) is 4. The fourth-order valence-corrected chi connectivity index (χ4v) is 7.23. The van der Waals surface area contributed by atoms with Crippen LogP contribution in [0.2, 0.25) is 0 Å². The molecule has 11 heteroatoms. The van der Waals surface area contributed by atoms with Crippen molar-refractivity contribution in [2.24, 2.45) is 5.92 Å². The number of aliphatic hydroxyl groups is 1. The average Bonchev–Trinajstić information content (AvgIpc) is 3.38. The number of ether oxygens (including phenoxy) is 1. The molecular weight excluding hydrogens is 580 g/mol. The number of carboxylic acid groups (broad SMARTS) is 1. The van der Waals surface area contributed by atoms with Crippen LogP contribution in [0, 0.1) is 5.92 Å². The number of likely N-dealkylation sites (tertiary alicyclic amines) is 1. The minimum Gasteiger partial charge on any atom is -0.488 e. The Morgan fingerprint density at radius 3 is 2.61 bits per heavy atom. The van der Waals surface area contributed by atoms with E-state index >= 15 is 0 Å². The summed E-state index contributed by atoms with van der Waals surface area (Å²) in [4.78, 5) is 46.2. The number of aromatic nitrogens is 1. The third-order valence-electron chi connectivity index (χ3n) is 8.93. The first-order chi connectivity index (χ1) is 21.1. The normalized spacial score (nSPS) is 27.2. The highest BCUT2D eigenvalue weighted by Crippen LogP contribution is 2.45. The molecule has 0 radical (unpaired) electrons. The number of carbonyl (C=O) groups is 3. The van der Waals surface area contributed by atoms with E-state index in [2.05, 4.69) is 17.2 Å². The smallest absolute Gasteiger partial charge is 0.330 e. The van der Waals surface area contributed by atoms with E-state index in [9.17, 15) is 24.6 Å². The molecule has 2 aromatic carbocycles. The standard InChI is InChI=1S/C33H36N4O6S/c1-4-21-15-33(21,31(41)42)36-29(39)26-13-22(16-37(26)30(40)28-32(2,3)44-18-34-28)43-27-14-24(20-8-6-5-7-9-20)35-25-12-19(17-38)10-11-23(25)27/h4-12,14,21-22,26,28,34,38H,1,13,15-18H2,2-3H3,(H,36,39)(H,41,42)/t21-,22-,26+,28-,33-/m1/s1. The van der Waals surface area contributed by atoms with Crippen LogP contribution in [0.1, 0.15) is 32.3 Å². The van der Waals surface area contributed by atoms with E-state index in [0.717, 1.165) is 10.9 Å². The Morgan fingerprint density at radius 1 is 1.20 bits per heavy atom. The Kier molecular flexibility index (Phi) is 7.89. The molecule has 0 spiro atoms. The van der Waals surface area contributed by atoms with Crippen LogP contribution in [0.4, 0.5) is 0 Å². The number of carboxylic acids is 1. The molecule has 0 unspecified atom stereocenters. The van der Waals surface area contributed by atoms with Gasteiger partial charge in [0.15, 0.2) is 0 Å². The number of thioether (sulfide) groups is 1. The number of hydrogen-bond acceptors (Lipinski definition) is 8. The number of nitrogens with zero attached hydrogens (tertiary/aromatic N) is 2. The van der Waals surface area contributed by atoms with Gasteiger partial charge in [0, 0.05) is 40.0 Å². The van der Waals surface area contributed by atoms with Gasteiger partial charge in [0.1, 0.15) is 29.5 Å². The van der Waals surface area contributed by atoms with E-state index in [1.165, 1.54) is 4.90 Å². The van der Waals surface area contributed by atoms with Gasteiger partial charge >= 0.3 is 5.97 Å². The third-order valence-corrected chi connectivity index (χ3v) is 10.2. The quantitative estimate of drug-likeness (QED) is 0.267. The van der Waals surface area contributed by atoms with E-state index in [4.69, 9.17) is 9.72 Å². The maximum atomic E-state index is 14.0. The summed E-state index contributed by atoms with van der Waals surface area (Å²) in [5.41, 5.74) is 1.52. The van der Waals surface area contributed by atoms with Crippen molar-refractivity contribution in [2.45, 2.75) is 61.8 Å². The van der Waals surface area contributed by atoms with Crippen LogP contribution < -0.4 is 15.4 Å². The highest BCUT2D eigenvalue weighted by atomic mass is 32.2. The minimum absolute atomic E-state index is 0.131. The Labute approximate surface area is 259 Å². The second-order valence-corrected chi connectivity index (χ2v) is 13.8. The van der Waals surface area contributed by atoms with Crippen LogP contribution in [0.25, 0.3) is 22.2 Å². The predicted molar refractivity (Wildman–Crippen MR) is 168 cm³/mol. The first-order valence-corrected chi connectivity index (χ1v) is 15.7. The van der Waals surface area contributed by atoms with E-state index < -0.39 is 35.6 Å². The number of nitrogens with one attached hydrogen (secondary N) is 2. The SMILES string of the molecule is C=C[C@@H]1C[C@]1(NC(=O)[C@@H]1C[C@@H](Oc2cc(-c3ccccc3)nc3cc(CO)ccc23)CN1C(=O)[C@H]1NCSC1(C)C)C(=O)O. The average molecular weight is 617 g/mol. The largest absolute Gasteiger partial charge is 0.488 e. The fraction of sp³-hybridized carbons (Fsp3) is 0.394. The van der Waals surface area contributed by atoms with Crippen LogP contribution in [-0.2, 0) is 21.0 Å². The highest BCUT2D eigenvalue weighted by Gasteiger charge is 2.61. The van der Waals surface area contributed by atoms with Gasteiger partial charge in [0.25, 0.3) is 0 Å². The molecule has 3 aromatic rings. The lowest BCUT2D eigenvalue weighted by Crippen LogP contribution is -2.57. The van der Waals surface area contributed by atoms with Crippen LogP contribution in [-0.4, -0.2) is 78.8 Å². The fourth-order valence-electron chi connectivity index (χ4n) is 6.26. The summed E-state index contributed by atoms with van der Waals surface area (Å²) >= 11 is 1.63. The number of aliphatic hydroxyl groups excluding tert-OH is 1. The molecule has 5 atom stereocenters. The number of amides is 2. The van der Waals surface area contributed by atoms with Crippen molar-refractivity contribution in [1.29, 1.82) is 0 Å². The Morgan fingerprint density at radius 2 is 1.98 bits per heavy atom. The summed E-state index contributed by atoms with van der Waals surface area (Å²) in [6.07, 6.45) is 1.44. The van der Waals surface area contributed by atoms with Crippen LogP contribution in [0.3, 0.4) is 0 Å². The van der Waals surface area contributed by atoms with Gasteiger partial charge in [-0.15, -0.1) is 18.3 Å². The zero-order valence-electron chi connectivity index (χ0n) is 24.7. The predicted octanol–water partition coefficient (Wildman–Crippen LogP) is 3.33. The second-order valence-electron chi connectivity index (χ2n) is 12.2. The monoisotopic (exact) mass is 616 g/mol. The topological polar surface area (TPSA) is 141 Å². The van der Waals surface area contributed by atoms with Gasteiger partial charge in [-0.3, -0.25) is 14.9 Å². The van der Waals surface area contributed by atoms with E-state index in [-0.39, 0.29) is 42.6 Å². The molecule has 3 fully saturated rings. The summed E-state index contributed by atoms with van der Waals surface area (Å²) < 4.78 is 6.21. The van der Waals surface area contributed by atoms with Crippen molar-refractivity contribution in [3.8, 4) is 17.0 Å². The number of pyridine rings is 1. The summed E-state index contributed by atoms with van der Waals surface area (Å²) in [6.45, 7) is 7.72. The van der Waals surface area contributed by atoms with Gasteiger partial charge in [-0.05, 0) is 38.0 Å². The first kappa shape index (κ1) is 30.1. The molecule has 1 aromatic heterocycles. The Balaban J connectivity index is 1.33. The molecule has 44 heavy (non-hydrogen) atoms. The van der Waals surface area contributed by atoms with E-state index in [0.29, 0.717) is 28.4 Å². The van der Waals surface area contributed by atoms with Crippen molar-refractivity contribution in [3.63, 3.8) is 0 Å². The molecule has 6 rings (SSSR count). The van der Waals surface area contributed by atoms with Gasteiger partial charge in [0.2, 0.25) is 11.8 Å². The molecule has 2 aliphatic heterocycles. The minimum atomic E-state index is -1.41. The van der Waals surface area contributed by atoms with E-state index in [1.807, 2.05) is 68.4 Å². The maximum Gasteiger partial charge on any atom is 0.330 e. The lowest BCUT2D eigenvalue weighted by molar-refractivity contribution is -0.145. The lowest BCUT2D eigenvalue weighted by Gasteiger charge is -2.32. The number of rotatable bonds is 9. The van der Waals surface area contributed by atoms with Crippen LogP contribution in [0.5, 0.6) is 5.75 Å². The zero-order valence-corrected chi connectivity index (χ0v) is 25.5. The number of fused-ring (bicyclic) bond motifs is 1. The number of aliphatic carboxylic acids is 1. The molecule has 2 saturated heterocycles. The summed E-state index contributed by atoms with van der Waals surface area (Å²) in [6, 6.07) is 15.6. The van der Waals surface area contributed by atoms with Gasteiger partial charge in [0.05, 0.1) is 24.4 Å². The Bertz CT molecular complexity index is 1630. The molecule has 1 aliphatic carbocycles. The van der Waals surface area contributed by atoms with Gasteiger partial charge < -0.3 is 25.2 Å². The van der Waals surface area contributed by atoms with Crippen molar-refractivity contribution in [2.75, 3.05) is 12.4 Å². The highest BCUT2D eigenvalue weighted by molar-refractivity contribution is 8.00. The van der Waals surface area contributed by atoms with Crippen LogP contribution >= 0.6 is 11.8 Å². The molecule has 3 aliphatic rings. The first-order valence-electron chi connectivity index (χ1n) is 14.7. The van der Waals surface area contributed by atoms with Crippen LogP contribution in [0.15, 0.2) is 67.3 Å². The van der Waals surface area contributed by atoms with Gasteiger partial charge in [-0.1, -0.05) is 42.5 Å². The zero-order chi connectivity index (χ0) is 31.2. The van der Waals surface area contributed by atoms with E-state index in [1.54, 1.807) is 17.8 Å². The van der Waals surface area contributed by atoms with Gasteiger partial charge in [-0.25, -0.2) is 9.78 Å². The Hall–Kier alpha value is -3.93. The third kappa shape index (κ3) is 5.44. The number of benzene rings is 2. The molecule has 10 nitrogen and oxygen atoms in total. The molecular formula is C33H36N4O6S. The van der Waals surface area contributed by atoms with Crippen molar-refractivity contribution in [3.05, 3.63) is 72.8 Å². The lowest BCUT2D eigenvalue weighted by atomic mass is 10.0. The molecule has 3 heterocycles. The summed E-state index contributed by atoms with van der Waals surface area (Å²) in [5.74, 6) is -1.08. The molecule has 230 valence electrons. The molecule has 2 amide bonds. The van der Waals surface area contributed by atoms with Crippen molar-refractivity contribution >= 4 is 40.4 Å². The maximum absolute atomic E-state index is 14.0. The molecule has 0 bridgehead atoms. The summed E-state index contributed by atoms with van der Waals surface area (Å²) in [5, 5.41) is 26.4. The van der Waals surface area contributed by atoms with Gasteiger partial charge in [-0.2, -0.15) is 0 Å². The van der Waals surface area contributed by atoms with Crippen molar-refractivity contribution < 1.29 is 29.3 Å². The van der Waals surface area contributed by atoms with Crippen molar-refractivity contribution in [1.82, 2.24) is 20.5 Å².